The van der Waals surface area contributed by atoms with Crippen LogP contribution in [0.2, 0.25) is 0 Å². The van der Waals surface area contributed by atoms with Crippen LogP contribution in [0.15, 0.2) is 21.1 Å². The Labute approximate surface area is 128 Å². The molecule has 0 saturated carbocycles. The second-order valence-corrected chi connectivity index (χ2v) is 4.68. The topological polar surface area (TPSA) is 91.0 Å². The summed E-state index contributed by atoms with van der Waals surface area (Å²) in [7, 11) is 4.47. The smallest absolute Gasteiger partial charge is 0.374 e. The van der Waals surface area contributed by atoms with Crippen molar-refractivity contribution < 1.29 is 28.6 Å². The monoisotopic (exact) mass is 357 g/mol. The summed E-state index contributed by atoms with van der Waals surface area (Å²) in [5.41, 5.74) is 0.809. The van der Waals surface area contributed by atoms with E-state index in [9.17, 15) is 4.79 Å². The van der Waals surface area contributed by atoms with Crippen molar-refractivity contribution in [2.75, 3.05) is 21.3 Å². The molecular formula is C13H12BrNO6. The van der Waals surface area contributed by atoms with Gasteiger partial charge in [0.15, 0.2) is 11.5 Å². The Balaban J connectivity index is 2.68. The molecule has 1 aromatic heterocycles. The van der Waals surface area contributed by atoms with Gasteiger partial charge in [0.05, 0.1) is 31.4 Å². The first-order valence-electron chi connectivity index (χ1n) is 5.72. The molecule has 0 unspecified atom stereocenters. The standard InChI is InChI=1S/C13H12BrNO6/c1-18-7-5-8(19-2)12(20-3)11(14)10(7)6-4-9(13(16)17)21-15-6/h4-5H,1-3H3,(H,16,17). The molecule has 0 saturated heterocycles. The fourth-order valence-electron chi connectivity index (χ4n) is 1.82. The highest BCUT2D eigenvalue weighted by atomic mass is 79.9. The molecule has 7 nitrogen and oxygen atoms in total. The Morgan fingerprint density at radius 2 is 1.86 bits per heavy atom. The summed E-state index contributed by atoms with van der Waals surface area (Å²) in [6.07, 6.45) is 0. The van der Waals surface area contributed by atoms with Crippen molar-refractivity contribution in [3.05, 3.63) is 22.4 Å². The molecule has 0 aliphatic rings. The van der Waals surface area contributed by atoms with E-state index in [2.05, 4.69) is 21.1 Å². The van der Waals surface area contributed by atoms with Crippen LogP contribution < -0.4 is 14.2 Å². The molecule has 0 atom stereocenters. The number of methoxy groups -OCH3 is 3. The summed E-state index contributed by atoms with van der Waals surface area (Å²) in [6.45, 7) is 0. The number of ether oxygens (including phenoxy) is 3. The predicted molar refractivity (Wildman–Crippen MR) is 76.3 cm³/mol. The van der Waals surface area contributed by atoms with Gasteiger partial charge in [0.1, 0.15) is 11.4 Å². The van der Waals surface area contributed by atoms with Crippen LogP contribution in [0.4, 0.5) is 0 Å². The first kappa shape index (κ1) is 15.2. The molecule has 1 N–H and O–H groups in total. The molecule has 0 spiro atoms. The third kappa shape index (κ3) is 2.66. The Hall–Kier alpha value is -2.22. The maximum Gasteiger partial charge on any atom is 0.374 e. The summed E-state index contributed by atoms with van der Waals surface area (Å²) < 4.78 is 21.1. The summed E-state index contributed by atoms with van der Waals surface area (Å²) in [5.74, 6) is -0.136. The van der Waals surface area contributed by atoms with E-state index in [1.807, 2.05) is 0 Å². The largest absolute Gasteiger partial charge is 0.496 e. The van der Waals surface area contributed by atoms with Crippen molar-refractivity contribution in [2.24, 2.45) is 0 Å². The van der Waals surface area contributed by atoms with Crippen LogP contribution in [0.25, 0.3) is 11.3 Å². The van der Waals surface area contributed by atoms with Gasteiger partial charge in [-0.1, -0.05) is 5.16 Å². The van der Waals surface area contributed by atoms with Crippen LogP contribution >= 0.6 is 15.9 Å². The van der Waals surface area contributed by atoms with Crippen molar-refractivity contribution in [1.82, 2.24) is 5.16 Å². The van der Waals surface area contributed by atoms with Crippen LogP contribution in [0.1, 0.15) is 10.6 Å². The van der Waals surface area contributed by atoms with Crippen LogP contribution in [0, 0.1) is 0 Å². The van der Waals surface area contributed by atoms with E-state index in [4.69, 9.17) is 23.8 Å². The normalized spacial score (nSPS) is 10.3. The fraction of sp³-hybridized carbons (Fsp3) is 0.231. The highest BCUT2D eigenvalue weighted by Crippen LogP contribution is 2.47. The highest BCUT2D eigenvalue weighted by Gasteiger charge is 2.23. The molecular weight excluding hydrogens is 346 g/mol. The third-order valence-electron chi connectivity index (χ3n) is 2.77. The van der Waals surface area contributed by atoms with Gasteiger partial charge in [-0.15, -0.1) is 0 Å². The van der Waals surface area contributed by atoms with Gasteiger partial charge in [0, 0.05) is 12.1 Å². The van der Waals surface area contributed by atoms with E-state index in [1.54, 1.807) is 6.07 Å². The van der Waals surface area contributed by atoms with Gasteiger partial charge in [-0.2, -0.15) is 0 Å². The van der Waals surface area contributed by atoms with Crippen molar-refractivity contribution >= 4 is 21.9 Å². The number of aromatic carboxylic acids is 1. The minimum atomic E-state index is -1.20. The van der Waals surface area contributed by atoms with Crippen LogP contribution in [-0.2, 0) is 0 Å². The molecule has 0 amide bonds. The van der Waals surface area contributed by atoms with Gasteiger partial charge in [-0.25, -0.2) is 4.79 Å². The molecule has 2 aromatic rings. The van der Waals surface area contributed by atoms with Crippen LogP contribution in [-0.4, -0.2) is 37.6 Å². The number of aromatic nitrogens is 1. The van der Waals surface area contributed by atoms with Gasteiger partial charge in [0.25, 0.3) is 0 Å². The molecule has 0 fully saturated rings. The maximum atomic E-state index is 10.9. The number of hydrogen-bond acceptors (Lipinski definition) is 6. The molecule has 21 heavy (non-hydrogen) atoms. The fourth-order valence-corrected chi connectivity index (χ4v) is 2.58. The lowest BCUT2D eigenvalue weighted by Gasteiger charge is -2.15. The van der Waals surface area contributed by atoms with E-state index in [-0.39, 0.29) is 5.76 Å². The number of hydrogen-bond donors (Lipinski definition) is 1. The summed E-state index contributed by atoms with van der Waals surface area (Å²) in [5, 5.41) is 12.6. The molecule has 0 aliphatic heterocycles. The maximum absolute atomic E-state index is 10.9. The van der Waals surface area contributed by atoms with Crippen molar-refractivity contribution in [2.45, 2.75) is 0 Å². The Morgan fingerprint density at radius 1 is 1.19 bits per heavy atom. The Kier molecular flexibility index (Phi) is 4.37. The first-order valence-corrected chi connectivity index (χ1v) is 6.51. The lowest BCUT2D eigenvalue weighted by Crippen LogP contribution is -1.97. The SMILES string of the molecule is COc1cc(OC)c(-c2cc(C(=O)O)on2)c(Br)c1OC. The molecule has 112 valence electrons. The number of rotatable bonds is 5. The molecule has 0 radical (unpaired) electrons. The zero-order chi connectivity index (χ0) is 15.6. The minimum Gasteiger partial charge on any atom is -0.496 e. The average Bonchev–Trinajstić information content (AvgIpc) is 2.95. The molecule has 2 rings (SSSR count). The van der Waals surface area contributed by atoms with Crippen molar-refractivity contribution in [1.29, 1.82) is 0 Å². The number of halogens is 1. The van der Waals surface area contributed by atoms with E-state index < -0.39 is 5.97 Å². The summed E-state index contributed by atoms with van der Waals surface area (Å²) in [4.78, 5) is 10.9. The van der Waals surface area contributed by atoms with Gasteiger partial charge in [0.2, 0.25) is 5.76 Å². The Morgan fingerprint density at radius 3 is 2.33 bits per heavy atom. The van der Waals surface area contributed by atoms with Gasteiger partial charge >= 0.3 is 5.97 Å². The first-order chi connectivity index (χ1) is 10.0. The van der Waals surface area contributed by atoms with Gasteiger partial charge < -0.3 is 23.8 Å². The zero-order valence-corrected chi connectivity index (χ0v) is 13.1. The third-order valence-corrected chi connectivity index (χ3v) is 3.53. The average molecular weight is 358 g/mol. The van der Waals surface area contributed by atoms with Crippen LogP contribution in [0.5, 0.6) is 17.2 Å². The molecule has 0 aliphatic carbocycles. The zero-order valence-electron chi connectivity index (χ0n) is 11.5. The molecule has 1 aromatic carbocycles. The van der Waals surface area contributed by atoms with Crippen molar-refractivity contribution in [3.63, 3.8) is 0 Å². The number of nitrogens with zero attached hydrogens (tertiary/aromatic N) is 1. The molecule has 0 bridgehead atoms. The van der Waals surface area contributed by atoms with E-state index in [0.29, 0.717) is 33.0 Å². The summed E-state index contributed by atoms with van der Waals surface area (Å²) in [6, 6.07) is 2.92. The summed E-state index contributed by atoms with van der Waals surface area (Å²) >= 11 is 3.39. The lowest BCUT2D eigenvalue weighted by molar-refractivity contribution is 0.0652. The van der Waals surface area contributed by atoms with E-state index in [1.165, 1.54) is 27.4 Å². The van der Waals surface area contributed by atoms with Gasteiger partial charge in [-0.05, 0) is 15.9 Å². The van der Waals surface area contributed by atoms with E-state index >= 15 is 0 Å². The number of carboxylic acid groups (broad SMARTS) is 1. The second-order valence-electron chi connectivity index (χ2n) is 3.88. The number of carbonyl (C=O) groups is 1. The Bertz CT molecular complexity index is 682. The second kappa shape index (κ2) is 6.04. The predicted octanol–water partition coefficient (Wildman–Crippen LogP) is 2.83. The highest BCUT2D eigenvalue weighted by molar-refractivity contribution is 9.10. The van der Waals surface area contributed by atoms with Gasteiger partial charge in [-0.3, -0.25) is 0 Å². The molecule has 8 heteroatoms. The molecule has 1 heterocycles. The lowest BCUT2D eigenvalue weighted by atomic mass is 10.1. The number of benzene rings is 1. The number of carboxylic acids is 1. The minimum absolute atomic E-state index is 0.270. The van der Waals surface area contributed by atoms with Crippen molar-refractivity contribution in [3.8, 4) is 28.5 Å². The quantitative estimate of drug-likeness (QED) is 0.879. The van der Waals surface area contributed by atoms with E-state index in [0.717, 1.165) is 0 Å². The van der Waals surface area contributed by atoms with Crippen LogP contribution in [0.3, 0.4) is 0 Å².